The van der Waals surface area contributed by atoms with Crippen molar-refractivity contribution in [1.82, 2.24) is 0 Å². The summed E-state index contributed by atoms with van der Waals surface area (Å²) < 4.78 is 5.46. The van der Waals surface area contributed by atoms with Crippen molar-refractivity contribution < 1.29 is 14.3 Å². The Morgan fingerprint density at radius 1 is 1.21 bits per heavy atom. The van der Waals surface area contributed by atoms with E-state index in [9.17, 15) is 9.59 Å². The first-order valence-corrected chi connectivity index (χ1v) is 9.95. The van der Waals surface area contributed by atoms with Crippen molar-refractivity contribution in [3.05, 3.63) is 58.7 Å². The van der Waals surface area contributed by atoms with Gasteiger partial charge in [0.05, 0.1) is 19.3 Å². The molecule has 0 saturated carbocycles. The van der Waals surface area contributed by atoms with Gasteiger partial charge >= 0.3 is 0 Å². The fourth-order valence-corrected chi connectivity index (χ4v) is 4.42. The summed E-state index contributed by atoms with van der Waals surface area (Å²) in [7, 11) is 0. The van der Waals surface area contributed by atoms with Crippen LogP contribution in [0.5, 0.6) is 0 Å². The molecule has 2 aromatic carbocycles. The lowest BCUT2D eigenvalue weighted by molar-refractivity contribution is 0.0998. The molecule has 6 heteroatoms. The number of benzene rings is 2. The van der Waals surface area contributed by atoms with Crippen LogP contribution in [0.15, 0.2) is 36.4 Å². The summed E-state index contributed by atoms with van der Waals surface area (Å²) in [5.74, 6) is -0.426. The van der Waals surface area contributed by atoms with Gasteiger partial charge in [0, 0.05) is 35.6 Å². The smallest absolute Gasteiger partial charge is 0.249 e. The third-order valence-corrected chi connectivity index (χ3v) is 5.96. The molecule has 1 unspecified atom stereocenters. The molecule has 4 rings (SSSR count). The van der Waals surface area contributed by atoms with E-state index in [2.05, 4.69) is 30.1 Å². The number of rotatable bonds is 4. The summed E-state index contributed by atoms with van der Waals surface area (Å²) in [6, 6.07) is 11.4. The minimum absolute atomic E-state index is 0.0629. The number of carbonyl (C=O) groups excluding carboxylic acids is 2. The lowest BCUT2D eigenvalue weighted by atomic mass is 9.73. The minimum atomic E-state index is -0.426. The molecule has 2 aromatic rings. The van der Waals surface area contributed by atoms with Crippen molar-refractivity contribution in [2.75, 3.05) is 36.5 Å². The van der Waals surface area contributed by atoms with E-state index < -0.39 is 5.91 Å². The van der Waals surface area contributed by atoms with Crippen LogP contribution < -0.4 is 16.0 Å². The molecule has 3 N–H and O–H groups in total. The SMILES string of the molecule is CC1(C)CC(c2cc(N3CCOCC3)ccc2C(N)=O)Nc2ccc([C]=O)cc21. The summed E-state index contributed by atoms with van der Waals surface area (Å²) >= 11 is 0. The Balaban J connectivity index is 1.74. The van der Waals surface area contributed by atoms with Crippen LogP contribution in [0.2, 0.25) is 0 Å². The highest BCUT2D eigenvalue weighted by Gasteiger charge is 2.35. The molecule has 1 atom stereocenters. The number of hydrogen-bond donors (Lipinski definition) is 2. The van der Waals surface area contributed by atoms with E-state index in [0.717, 1.165) is 42.0 Å². The molecule has 0 aliphatic carbocycles. The lowest BCUT2D eigenvalue weighted by Gasteiger charge is -2.40. The number of morpholine rings is 1. The van der Waals surface area contributed by atoms with Gasteiger partial charge in [0.2, 0.25) is 12.2 Å². The molecule has 29 heavy (non-hydrogen) atoms. The van der Waals surface area contributed by atoms with Crippen LogP contribution in [-0.2, 0) is 14.9 Å². The Bertz CT molecular complexity index is 948. The molecule has 1 amide bonds. The number of ether oxygens (including phenoxy) is 1. The minimum Gasteiger partial charge on any atom is -0.378 e. The molecule has 1 radical (unpaired) electrons. The molecule has 6 nitrogen and oxygen atoms in total. The van der Waals surface area contributed by atoms with Crippen molar-refractivity contribution >= 4 is 23.6 Å². The number of anilines is 2. The Hall–Kier alpha value is -2.86. The lowest BCUT2D eigenvalue weighted by Crippen LogP contribution is -2.37. The van der Waals surface area contributed by atoms with E-state index in [1.54, 1.807) is 6.07 Å². The molecular weight excluding hydrogens is 366 g/mol. The van der Waals surface area contributed by atoms with Gasteiger partial charge in [0.25, 0.3) is 0 Å². The van der Waals surface area contributed by atoms with Crippen molar-refractivity contribution in [3.63, 3.8) is 0 Å². The monoisotopic (exact) mass is 392 g/mol. The van der Waals surface area contributed by atoms with Crippen LogP contribution in [0.25, 0.3) is 0 Å². The van der Waals surface area contributed by atoms with Crippen LogP contribution in [0.3, 0.4) is 0 Å². The van der Waals surface area contributed by atoms with Gasteiger partial charge in [-0.25, -0.2) is 0 Å². The molecule has 0 bridgehead atoms. The third kappa shape index (κ3) is 3.72. The first-order chi connectivity index (χ1) is 13.9. The van der Waals surface area contributed by atoms with Crippen LogP contribution in [0.4, 0.5) is 11.4 Å². The molecular formula is C23H26N3O3. The first-order valence-electron chi connectivity index (χ1n) is 9.95. The van der Waals surface area contributed by atoms with Gasteiger partial charge in [0.15, 0.2) is 0 Å². The van der Waals surface area contributed by atoms with Gasteiger partial charge in [-0.3, -0.25) is 9.59 Å². The quantitative estimate of drug-likeness (QED) is 0.836. The molecule has 2 aliphatic heterocycles. The van der Waals surface area contributed by atoms with Crippen LogP contribution in [0, 0.1) is 0 Å². The summed E-state index contributed by atoms with van der Waals surface area (Å²) in [4.78, 5) is 25.5. The number of primary amides is 1. The standard InChI is InChI=1S/C23H26N3O3/c1-23(2)13-21(25-20-6-3-15(14-27)11-19(20)23)18-12-16(4-5-17(18)22(24)28)26-7-9-29-10-8-26/h3-6,11-12,21,25H,7-10,13H2,1-2H3,(H2,24,28). The van der Waals surface area contributed by atoms with Gasteiger partial charge in [-0.2, -0.15) is 0 Å². The van der Waals surface area contributed by atoms with Gasteiger partial charge in [-0.05, 0) is 59.4 Å². The van der Waals surface area contributed by atoms with Crippen molar-refractivity contribution in [2.45, 2.75) is 31.7 Å². The Labute approximate surface area is 171 Å². The van der Waals surface area contributed by atoms with Gasteiger partial charge in [0.1, 0.15) is 0 Å². The highest BCUT2D eigenvalue weighted by Crippen LogP contribution is 2.45. The van der Waals surface area contributed by atoms with E-state index in [4.69, 9.17) is 10.5 Å². The van der Waals surface area contributed by atoms with Crippen molar-refractivity contribution in [3.8, 4) is 0 Å². The van der Waals surface area contributed by atoms with Crippen LogP contribution >= 0.6 is 0 Å². The highest BCUT2D eigenvalue weighted by atomic mass is 16.5. The predicted molar refractivity (Wildman–Crippen MR) is 113 cm³/mol. The van der Waals surface area contributed by atoms with Crippen molar-refractivity contribution in [1.29, 1.82) is 0 Å². The van der Waals surface area contributed by atoms with Crippen LogP contribution in [0.1, 0.15) is 53.4 Å². The predicted octanol–water partition coefficient (Wildman–Crippen LogP) is 2.91. The Kier molecular flexibility index (Phi) is 5.04. The average Bonchev–Trinajstić information content (AvgIpc) is 2.73. The number of carbonyl (C=O) groups is 1. The van der Waals surface area contributed by atoms with E-state index in [1.807, 2.05) is 30.6 Å². The third-order valence-electron chi connectivity index (χ3n) is 5.96. The molecule has 1 saturated heterocycles. The second-order valence-corrected chi connectivity index (χ2v) is 8.38. The fraction of sp³-hybridized carbons (Fsp3) is 0.391. The highest BCUT2D eigenvalue weighted by molar-refractivity contribution is 5.95. The van der Waals surface area contributed by atoms with E-state index >= 15 is 0 Å². The number of amides is 1. The summed E-state index contributed by atoms with van der Waals surface area (Å²) in [5, 5.41) is 3.56. The average molecular weight is 392 g/mol. The summed E-state index contributed by atoms with van der Waals surface area (Å²) in [6.07, 6.45) is 2.74. The van der Waals surface area contributed by atoms with E-state index in [0.29, 0.717) is 24.3 Å². The van der Waals surface area contributed by atoms with E-state index in [1.165, 1.54) is 0 Å². The Morgan fingerprint density at radius 3 is 2.66 bits per heavy atom. The normalized spacial score (nSPS) is 20.5. The van der Waals surface area contributed by atoms with Gasteiger partial charge < -0.3 is 20.7 Å². The molecule has 0 aromatic heterocycles. The van der Waals surface area contributed by atoms with Crippen molar-refractivity contribution in [2.24, 2.45) is 5.73 Å². The summed E-state index contributed by atoms with van der Waals surface area (Å²) in [5.41, 5.74) is 10.6. The number of nitrogens with two attached hydrogens (primary N) is 1. The topological polar surface area (TPSA) is 84.7 Å². The largest absolute Gasteiger partial charge is 0.378 e. The zero-order chi connectivity index (χ0) is 20.6. The molecule has 1 fully saturated rings. The first kappa shape index (κ1) is 19.5. The number of hydrogen-bond acceptors (Lipinski definition) is 5. The molecule has 151 valence electrons. The second kappa shape index (κ2) is 7.52. The number of nitrogens with one attached hydrogen (secondary N) is 1. The summed E-state index contributed by atoms with van der Waals surface area (Å²) in [6.45, 7) is 7.36. The molecule has 0 spiro atoms. The van der Waals surface area contributed by atoms with E-state index in [-0.39, 0.29) is 11.5 Å². The zero-order valence-electron chi connectivity index (χ0n) is 16.8. The fourth-order valence-electron chi connectivity index (χ4n) is 4.42. The van der Waals surface area contributed by atoms with Crippen LogP contribution in [-0.4, -0.2) is 38.5 Å². The maximum absolute atomic E-state index is 12.2. The zero-order valence-corrected chi connectivity index (χ0v) is 16.8. The number of nitrogens with zero attached hydrogens (tertiary/aromatic N) is 1. The Morgan fingerprint density at radius 2 is 1.97 bits per heavy atom. The maximum Gasteiger partial charge on any atom is 0.249 e. The number of fused-ring (bicyclic) bond motifs is 1. The second-order valence-electron chi connectivity index (χ2n) is 8.38. The molecule has 2 heterocycles. The van der Waals surface area contributed by atoms with Gasteiger partial charge in [-0.1, -0.05) is 13.8 Å². The maximum atomic E-state index is 12.2. The van der Waals surface area contributed by atoms with Gasteiger partial charge in [-0.15, -0.1) is 0 Å². The molecule has 2 aliphatic rings.